The van der Waals surface area contributed by atoms with Gasteiger partial charge in [-0.2, -0.15) is 0 Å². The monoisotopic (exact) mass is 372 g/mol. The molecule has 3 aromatic rings. The maximum atomic E-state index is 12.8. The minimum absolute atomic E-state index is 0.215. The number of aryl methyl sites for hydroxylation is 3. The SMILES string of the molecule is Cc1cc(C(=O)Nc2ccc(C)c(C)c2)nc(N2CCc3ccccc3C2)n1. The maximum absolute atomic E-state index is 12.8. The zero-order valence-corrected chi connectivity index (χ0v) is 16.5. The van der Waals surface area contributed by atoms with Gasteiger partial charge >= 0.3 is 0 Å². The summed E-state index contributed by atoms with van der Waals surface area (Å²) >= 11 is 0. The van der Waals surface area contributed by atoms with Gasteiger partial charge in [-0.3, -0.25) is 4.79 Å². The third-order valence-corrected chi connectivity index (χ3v) is 5.25. The van der Waals surface area contributed by atoms with Crippen molar-refractivity contribution < 1.29 is 4.79 Å². The van der Waals surface area contributed by atoms with E-state index in [0.29, 0.717) is 11.6 Å². The average Bonchev–Trinajstić information content (AvgIpc) is 2.70. The molecular formula is C23H24N4O. The molecule has 0 bridgehead atoms. The molecule has 0 unspecified atom stereocenters. The number of hydrogen-bond donors (Lipinski definition) is 1. The molecular weight excluding hydrogens is 348 g/mol. The van der Waals surface area contributed by atoms with Crippen LogP contribution in [-0.2, 0) is 13.0 Å². The van der Waals surface area contributed by atoms with Crippen LogP contribution in [0, 0.1) is 20.8 Å². The molecule has 5 heteroatoms. The summed E-state index contributed by atoms with van der Waals surface area (Å²) in [6.07, 6.45) is 0.956. The fourth-order valence-electron chi connectivity index (χ4n) is 3.49. The van der Waals surface area contributed by atoms with Gasteiger partial charge in [-0.05, 0) is 67.6 Å². The number of benzene rings is 2. The van der Waals surface area contributed by atoms with Gasteiger partial charge in [0.25, 0.3) is 5.91 Å². The van der Waals surface area contributed by atoms with E-state index in [4.69, 9.17) is 0 Å². The number of anilines is 2. The highest BCUT2D eigenvalue weighted by molar-refractivity contribution is 6.03. The quantitative estimate of drug-likeness (QED) is 0.748. The normalized spacial score (nSPS) is 13.2. The molecule has 0 saturated heterocycles. The topological polar surface area (TPSA) is 58.1 Å². The first-order chi connectivity index (χ1) is 13.5. The van der Waals surface area contributed by atoms with E-state index < -0.39 is 0 Å². The lowest BCUT2D eigenvalue weighted by molar-refractivity contribution is 0.102. The maximum Gasteiger partial charge on any atom is 0.274 e. The summed E-state index contributed by atoms with van der Waals surface area (Å²) in [7, 11) is 0. The second-order valence-electron chi connectivity index (χ2n) is 7.39. The number of rotatable bonds is 3. The van der Waals surface area contributed by atoms with Crippen LogP contribution in [0.15, 0.2) is 48.5 Å². The number of amides is 1. The summed E-state index contributed by atoms with van der Waals surface area (Å²) in [6, 6.07) is 16.1. The summed E-state index contributed by atoms with van der Waals surface area (Å²) in [5.41, 5.74) is 6.96. The first kappa shape index (κ1) is 18.2. The van der Waals surface area contributed by atoms with Crippen LogP contribution >= 0.6 is 0 Å². The largest absolute Gasteiger partial charge is 0.336 e. The number of carbonyl (C=O) groups excluding carboxylic acids is 1. The van der Waals surface area contributed by atoms with E-state index in [0.717, 1.165) is 36.5 Å². The highest BCUT2D eigenvalue weighted by Gasteiger charge is 2.20. The summed E-state index contributed by atoms with van der Waals surface area (Å²) in [5.74, 6) is 0.396. The molecule has 4 rings (SSSR count). The zero-order valence-electron chi connectivity index (χ0n) is 16.5. The zero-order chi connectivity index (χ0) is 19.7. The Morgan fingerprint density at radius 1 is 0.964 bits per heavy atom. The molecule has 1 aromatic heterocycles. The van der Waals surface area contributed by atoms with Crippen molar-refractivity contribution in [1.82, 2.24) is 9.97 Å². The predicted molar refractivity (Wildman–Crippen MR) is 112 cm³/mol. The Balaban J connectivity index is 1.57. The molecule has 1 N–H and O–H groups in total. The Morgan fingerprint density at radius 3 is 2.54 bits per heavy atom. The Kier molecular flexibility index (Phi) is 4.82. The van der Waals surface area contributed by atoms with Crippen molar-refractivity contribution in [2.75, 3.05) is 16.8 Å². The Bertz CT molecular complexity index is 1040. The molecule has 0 spiro atoms. The molecule has 142 valence electrons. The number of nitrogens with zero attached hydrogens (tertiary/aromatic N) is 3. The molecule has 0 atom stereocenters. The van der Waals surface area contributed by atoms with Crippen LogP contribution < -0.4 is 10.2 Å². The lowest BCUT2D eigenvalue weighted by Crippen LogP contribution is -2.32. The summed E-state index contributed by atoms with van der Waals surface area (Å²) in [6.45, 7) is 7.59. The Morgan fingerprint density at radius 2 is 1.75 bits per heavy atom. The van der Waals surface area contributed by atoms with E-state index in [1.807, 2.05) is 32.0 Å². The predicted octanol–water partition coefficient (Wildman–Crippen LogP) is 4.22. The number of nitrogens with one attached hydrogen (secondary N) is 1. The van der Waals surface area contributed by atoms with Gasteiger partial charge in [-0.15, -0.1) is 0 Å². The van der Waals surface area contributed by atoms with Gasteiger partial charge in [0, 0.05) is 24.5 Å². The number of carbonyl (C=O) groups is 1. The van der Waals surface area contributed by atoms with Gasteiger partial charge in [0.2, 0.25) is 5.95 Å². The van der Waals surface area contributed by atoms with Gasteiger partial charge in [-0.1, -0.05) is 30.3 Å². The van der Waals surface area contributed by atoms with E-state index >= 15 is 0 Å². The molecule has 1 aliphatic rings. The molecule has 2 aromatic carbocycles. The van der Waals surface area contributed by atoms with Crippen LogP contribution in [0.1, 0.15) is 38.4 Å². The van der Waals surface area contributed by atoms with E-state index in [9.17, 15) is 4.79 Å². The van der Waals surface area contributed by atoms with Crippen LogP contribution in [0.25, 0.3) is 0 Å². The minimum Gasteiger partial charge on any atom is -0.336 e. The number of aromatic nitrogens is 2. The second kappa shape index (κ2) is 7.43. The molecule has 0 aliphatic carbocycles. The van der Waals surface area contributed by atoms with Crippen LogP contribution in [0.5, 0.6) is 0 Å². The third-order valence-electron chi connectivity index (χ3n) is 5.25. The molecule has 0 saturated carbocycles. The smallest absolute Gasteiger partial charge is 0.274 e. The Hall–Kier alpha value is -3.21. The van der Waals surface area contributed by atoms with Crippen molar-refractivity contribution in [2.45, 2.75) is 33.7 Å². The molecule has 0 fully saturated rings. The first-order valence-electron chi connectivity index (χ1n) is 9.55. The summed E-state index contributed by atoms with van der Waals surface area (Å²) in [5, 5.41) is 2.95. The molecule has 1 aliphatic heterocycles. The van der Waals surface area contributed by atoms with Gasteiger partial charge in [-0.25, -0.2) is 9.97 Å². The highest BCUT2D eigenvalue weighted by Crippen LogP contribution is 2.23. The van der Waals surface area contributed by atoms with Crippen LogP contribution in [-0.4, -0.2) is 22.4 Å². The standard InChI is InChI=1S/C23H24N4O/c1-15-8-9-20(12-16(15)2)25-22(28)21-13-17(3)24-23(26-21)27-11-10-18-6-4-5-7-19(18)14-27/h4-9,12-13H,10-11,14H2,1-3H3,(H,25,28). The van der Waals surface area contributed by atoms with Gasteiger partial charge in [0.05, 0.1) is 0 Å². The lowest BCUT2D eigenvalue weighted by atomic mass is 10.0. The Labute approximate surface area is 165 Å². The third kappa shape index (κ3) is 3.74. The van der Waals surface area contributed by atoms with Gasteiger partial charge < -0.3 is 10.2 Å². The van der Waals surface area contributed by atoms with E-state index in [2.05, 4.69) is 51.4 Å². The van der Waals surface area contributed by atoms with E-state index in [1.165, 1.54) is 16.7 Å². The van der Waals surface area contributed by atoms with Gasteiger partial charge in [0.15, 0.2) is 0 Å². The molecule has 1 amide bonds. The van der Waals surface area contributed by atoms with Crippen molar-refractivity contribution in [3.05, 3.63) is 82.2 Å². The lowest BCUT2D eigenvalue weighted by Gasteiger charge is -2.29. The van der Waals surface area contributed by atoms with Gasteiger partial charge in [0.1, 0.15) is 5.69 Å². The summed E-state index contributed by atoms with van der Waals surface area (Å²) in [4.78, 5) is 24.1. The van der Waals surface area contributed by atoms with E-state index in [-0.39, 0.29) is 5.91 Å². The van der Waals surface area contributed by atoms with Crippen molar-refractivity contribution in [1.29, 1.82) is 0 Å². The van der Waals surface area contributed by atoms with Crippen molar-refractivity contribution >= 4 is 17.5 Å². The fraction of sp³-hybridized carbons (Fsp3) is 0.261. The van der Waals surface area contributed by atoms with E-state index in [1.54, 1.807) is 6.07 Å². The van der Waals surface area contributed by atoms with Crippen LogP contribution in [0.2, 0.25) is 0 Å². The van der Waals surface area contributed by atoms with Crippen LogP contribution in [0.3, 0.4) is 0 Å². The van der Waals surface area contributed by atoms with Crippen LogP contribution in [0.4, 0.5) is 11.6 Å². The van der Waals surface area contributed by atoms with Crippen molar-refractivity contribution in [3.8, 4) is 0 Å². The molecule has 5 nitrogen and oxygen atoms in total. The molecule has 0 radical (unpaired) electrons. The molecule has 2 heterocycles. The first-order valence-corrected chi connectivity index (χ1v) is 9.55. The van der Waals surface area contributed by atoms with Crippen molar-refractivity contribution in [2.24, 2.45) is 0 Å². The number of hydrogen-bond acceptors (Lipinski definition) is 4. The molecule has 28 heavy (non-hydrogen) atoms. The number of fused-ring (bicyclic) bond motifs is 1. The minimum atomic E-state index is -0.215. The van der Waals surface area contributed by atoms with Crippen molar-refractivity contribution in [3.63, 3.8) is 0 Å². The summed E-state index contributed by atoms with van der Waals surface area (Å²) < 4.78 is 0. The average molecular weight is 372 g/mol. The second-order valence-corrected chi connectivity index (χ2v) is 7.39. The fourth-order valence-corrected chi connectivity index (χ4v) is 3.49. The highest BCUT2D eigenvalue weighted by atomic mass is 16.1.